The Bertz CT molecular complexity index is 2860. The van der Waals surface area contributed by atoms with E-state index in [4.69, 9.17) is 0 Å². The van der Waals surface area contributed by atoms with E-state index in [2.05, 4.69) is 191 Å². The van der Waals surface area contributed by atoms with Crippen molar-refractivity contribution in [2.75, 3.05) is 0 Å². The quantitative estimate of drug-likeness (QED) is 0.131. The molecule has 0 radical (unpaired) electrons. The zero-order valence-corrected chi connectivity index (χ0v) is 66.4. The molecule has 0 aliphatic heterocycles. The van der Waals surface area contributed by atoms with E-state index >= 15 is 0 Å². The monoisotopic (exact) mass is 1350 g/mol. The number of hydrogen-bond acceptors (Lipinski definition) is 0. The van der Waals surface area contributed by atoms with Crippen LogP contribution in [0.25, 0.3) is 22.3 Å². The van der Waals surface area contributed by atoms with Gasteiger partial charge in [-0.15, -0.1) is 0 Å². The third-order valence-corrected chi connectivity index (χ3v) is 30.0. The molecule has 0 spiro atoms. The third-order valence-electron chi connectivity index (χ3n) is 30.0. The minimum Gasteiger partial charge on any atom is -0.0625 e. The minimum atomic E-state index is 0.788. The van der Waals surface area contributed by atoms with E-state index in [0.717, 1.165) is 118 Å². The van der Waals surface area contributed by atoms with Gasteiger partial charge in [0, 0.05) is 0 Å². The van der Waals surface area contributed by atoms with Crippen LogP contribution in [-0.4, -0.2) is 0 Å². The van der Waals surface area contributed by atoms with Crippen LogP contribution < -0.4 is 0 Å². The highest BCUT2D eigenvalue weighted by Crippen LogP contribution is 2.48. The van der Waals surface area contributed by atoms with Gasteiger partial charge in [0.25, 0.3) is 0 Å². The number of rotatable bonds is 10. The molecular formula is C100H150. The van der Waals surface area contributed by atoms with Gasteiger partial charge in [-0.3, -0.25) is 0 Å². The van der Waals surface area contributed by atoms with Gasteiger partial charge in [-0.25, -0.2) is 0 Å². The first-order valence-electron chi connectivity index (χ1n) is 44.0. The number of benzene rings is 5. The van der Waals surface area contributed by atoms with Gasteiger partial charge in [0.2, 0.25) is 0 Å². The summed E-state index contributed by atoms with van der Waals surface area (Å²) in [6.07, 6.45) is 59.2. The zero-order chi connectivity index (χ0) is 69.7. The van der Waals surface area contributed by atoms with E-state index < -0.39 is 0 Å². The Morgan fingerprint density at radius 2 is 0.270 bits per heavy atom. The molecule has 100 heavy (non-hydrogen) atoms. The van der Waals surface area contributed by atoms with Crippen LogP contribution in [0.1, 0.15) is 369 Å². The Kier molecular flexibility index (Phi) is 30.5. The van der Waals surface area contributed by atoms with Crippen molar-refractivity contribution < 1.29 is 0 Å². The second kappa shape index (κ2) is 39.5. The molecule has 15 rings (SSSR count). The SMILES string of the molecule is CC1CCC(C2CCC(C)CC2)CC1.CC1CCC(C2CCC(C3CCC(C)CC3)CC2)CC1.CC1CCC(c2ccc(-c3ccc(C4CCC(C)CC4)cc3)cc2)CC1.Cc1ccc(-c2ccc(C3CCC(C)CC3)cc2)cc1.Cc1ccc(C2CCC(C3CCC(C)CC3)CC2)cc1. The van der Waals surface area contributed by atoms with Gasteiger partial charge in [-0.05, 0) is 331 Å². The molecule has 5 aromatic carbocycles. The summed E-state index contributed by atoms with van der Waals surface area (Å²) in [6.45, 7) is 23.7. The molecule has 0 N–H and O–H groups in total. The minimum absolute atomic E-state index is 0.788. The molecule has 0 saturated heterocycles. The van der Waals surface area contributed by atoms with Crippen LogP contribution >= 0.6 is 0 Å². The summed E-state index contributed by atoms with van der Waals surface area (Å²) in [5.74, 6) is 19.8. The van der Waals surface area contributed by atoms with E-state index in [1.165, 1.54) is 219 Å². The Morgan fingerprint density at radius 1 is 0.150 bits per heavy atom. The van der Waals surface area contributed by atoms with Crippen LogP contribution in [0, 0.1) is 109 Å². The normalized spacial score (nSPS) is 34.9. The summed E-state index contributed by atoms with van der Waals surface area (Å²) in [6, 6.07) is 46.2. The topological polar surface area (TPSA) is 0 Å². The van der Waals surface area contributed by atoms with E-state index in [1.54, 1.807) is 93.7 Å². The first-order valence-corrected chi connectivity index (χ1v) is 44.0. The summed E-state index contributed by atoms with van der Waals surface area (Å²) < 4.78 is 0. The predicted molar refractivity (Wildman–Crippen MR) is 437 cm³/mol. The first kappa shape index (κ1) is 77.2. The molecule has 0 nitrogen and oxygen atoms in total. The van der Waals surface area contributed by atoms with Crippen molar-refractivity contribution in [3.63, 3.8) is 0 Å². The van der Waals surface area contributed by atoms with Crippen LogP contribution in [0.5, 0.6) is 0 Å². The molecule has 10 aliphatic rings. The fraction of sp³-hybridized carbons (Fsp3) is 0.700. The Balaban J connectivity index is 0.000000128. The lowest BCUT2D eigenvalue weighted by Crippen LogP contribution is -2.29. The van der Waals surface area contributed by atoms with Gasteiger partial charge in [0.15, 0.2) is 0 Å². The summed E-state index contributed by atoms with van der Waals surface area (Å²) in [5, 5.41) is 0. The van der Waals surface area contributed by atoms with E-state index in [1.807, 2.05) is 0 Å². The maximum atomic E-state index is 2.46. The average Bonchev–Trinajstić information content (AvgIpc) is 0.868. The second-order valence-electron chi connectivity index (χ2n) is 37.9. The Hall–Kier alpha value is -3.90. The molecule has 10 fully saturated rings. The van der Waals surface area contributed by atoms with Crippen molar-refractivity contribution in [2.24, 2.45) is 94.7 Å². The van der Waals surface area contributed by atoms with Gasteiger partial charge in [0.1, 0.15) is 0 Å². The highest BCUT2D eigenvalue weighted by atomic mass is 14.4. The van der Waals surface area contributed by atoms with Gasteiger partial charge in [-0.2, -0.15) is 0 Å². The predicted octanol–water partition coefficient (Wildman–Crippen LogP) is 31.1. The lowest BCUT2D eigenvalue weighted by atomic mass is 9.65. The van der Waals surface area contributed by atoms with Crippen molar-refractivity contribution in [3.8, 4) is 22.3 Å². The van der Waals surface area contributed by atoms with Crippen molar-refractivity contribution in [2.45, 2.75) is 350 Å². The lowest BCUT2D eigenvalue weighted by Gasteiger charge is -2.41. The molecule has 5 aromatic rings. The van der Waals surface area contributed by atoms with Gasteiger partial charge < -0.3 is 0 Å². The van der Waals surface area contributed by atoms with Crippen LogP contribution in [0.4, 0.5) is 0 Å². The van der Waals surface area contributed by atoms with Crippen molar-refractivity contribution in [1.82, 2.24) is 0 Å². The summed E-state index contributed by atoms with van der Waals surface area (Å²) >= 11 is 0. The van der Waals surface area contributed by atoms with Crippen molar-refractivity contribution >= 4 is 0 Å². The smallest absolute Gasteiger partial charge is 0.0162 e. The summed E-state index contributed by atoms with van der Waals surface area (Å²) in [7, 11) is 0. The molecule has 10 aliphatic carbocycles. The number of aryl methyl sites for hydroxylation is 2. The fourth-order valence-electron chi connectivity index (χ4n) is 22.0. The molecule has 0 aromatic heterocycles. The van der Waals surface area contributed by atoms with Gasteiger partial charge in [0.05, 0.1) is 0 Å². The van der Waals surface area contributed by atoms with E-state index in [0.29, 0.717) is 0 Å². The Labute approximate surface area is 617 Å². The lowest BCUT2D eigenvalue weighted by molar-refractivity contribution is 0.108. The van der Waals surface area contributed by atoms with Crippen molar-refractivity contribution in [3.05, 3.63) is 155 Å². The molecule has 0 bridgehead atoms. The maximum absolute atomic E-state index is 2.46. The summed E-state index contributed by atoms with van der Waals surface area (Å²) in [4.78, 5) is 0. The molecule has 0 atom stereocenters. The molecule has 550 valence electrons. The molecule has 0 heteroatoms. The molecular weight excluding hydrogens is 1200 g/mol. The third kappa shape index (κ3) is 23.6. The highest BCUT2D eigenvalue weighted by molar-refractivity contribution is 5.65. The maximum Gasteiger partial charge on any atom is -0.0162 e. The molecule has 10 saturated carbocycles. The van der Waals surface area contributed by atoms with Gasteiger partial charge in [-0.1, -0.05) is 291 Å². The largest absolute Gasteiger partial charge is 0.0625 e. The molecule has 0 heterocycles. The van der Waals surface area contributed by atoms with Crippen LogP contribution in [0.3, 0.4) is 0 Å². The first-order chi connectivity index (χ1) is 48.6. The Morgan fingerprint density at radius 3 is 0.460 bits per heavy atom. The average molecular weight is 1350 g/mol. The van der Waals surface area contributed by atoms with Crippen LogP contribution in [0.2, 0.25) is 0 Å². The zero-order valence-electron chi connectivity index (χ0n) is 66.4. The standard InChI is InChI=1S/C26H34.C20H36.C20H30.C20H24.C14H26/c1-19-3-7-21(8-4-19)23-11-15-25(16-12-23)26-17-13-24(14-18-26)22-9-5-20(2)6-10-22;3*1-15-3-7-17(8-4-15)19-11-13-20(14-12-19)18-9-5-16(2)6-10-18;1-11-3-7-13(8-4-11)14-9-5-12(2)6-10-14/h11-22H,3-10H2,1-2H3;15-20H,3-14H2,1-2H3;3-4,7-8,16,18-20H,5-6,9-14H2,1-2H3;3-4,7-8,11-14,16,18H,5-6,9-10H2,1-2H3;11-14H,3-10H2,1-2H3. The molecule has 0 unspecified atom stereocenters. The van der Waals surface area contributed by atoms with Crippen LogP contribution in [-0.2, 0) is 0 Å². The highest BCUT2D eigenvalue weighted by Gasteiger charge is 2.35. The van der Waals surface area contributed by atoms with E-state index in [9.17, 15) is 0 Å². The van der Waals surface area contributed by atoms with Crippen LogP contribution in [0.15, 0.2) is 121 Å². The summed E-state index contributed by atoms with van der Waals surface area (Å²) in [5.41, 5.74) is 14.3. The molecule has 0 amide bonds. The van der Waals surface area contributed by atoms with Gasteiger partial charge >= 0.3 is 0 Å². The van der Waals surface area contributed by atoms with E-state index in [-0.39, 0.29) is 0 Å². The van der Waals surface area contributed by atoms with Crippen molar-refractivity contribution in [1.29, 1.82) is 0 Å². The fourth-order valence-corrected chi connectivity index (χ4v) is 22.0. The second-order valence-corrected chi connectivity index (χ2v) is 37.9. The number of hydrogen-bond donors (Lipinski definition) is 0.